The first-order valence-electron chi connectivity index (χ1n) is 6.84. The van der Waals surface area contributed by atoms with Crippen molar-refractivity contribution in [3.05, 3.63) is 34.9 Å². The van der Waals surface area contributed by atoms with E-state index in [0.717, 1.165) is 16.7 Å². The van der Waals surface area contributed by atoms with E-state index in [-0.39, 0.29) is 32.0 Å². The molecule has 1 saturated heterocycles. The van der Waals surface area contributed by atoms with Crippen LogP contribution in [0.15, 0.2) is 18.2 Å². The lowest BCUT2D eigenvalue weighted by Gasteiger charge is -2.31. The van der Waals surface area contributed by atoms with Crippen molar-refractivity contribution in [3.63, 3.8) is 0 Å². The lowest BCUT2D eigenvalue weighted by Crippen LogP contribution is -2.47. The van der Waals surface area contributed by atoms with Gasteiger partial charge in [-0.1, -0.05) is 23.8 Å². The van der Waals surface area contributed by atoms with Crippen molar-refractivity contribution in [2.24, 2.45) is 0 Å². The van der Waals surface area contributed by atoms with Crippen molar-refractivity contribution < 1.29 is 13.6 Å². The lowest BCUT2D eigenvalue weighted by molar-refractivity contribution is -0.0469. The largest absolute Gasteiger partial charge is 0.334 e. The molecule has 0 spiro atoms. The van der Waals surface area contributed by atoms with E-state index in [0.29, 0.717) is 6.54 Å². The molecule has 0 bridgehead atoms. The lowest BCUT2D eigenvalue weighted by atomic mass is 10.1. The van der Waals surface area contributed by atoms with Gasteiger partial charge in [-0.25, -0.2) is 13.6 Å². The van der Waals surface area contributed by atoms with Crippen LogP contribution in [0.25, 0.3) is 0 Å². The summed E-state index contributed by atoms with van der Waals surface area (Å²) < 4.78 is 26.1. The van der Waals surface area contributed by atoms with Crippen LogP contribution in [0.1, 0.15) is 29.5 Å². The van der Waals surface area contributed by atoms with Crippen LogP contribution in [0.4, 0.5) is 13.6 Å². The zero-order chi connectivity index (χ0) is 14.8. The van der Waals surface area contributed by atoms with Gasteiger partial charge in [0.05, 0.1) is 0 Å². The number of carbonyl (C=O) groups excluding carboxylic acids is 1. The minimum Gasteiger partial charge on any atom is -0.334 e. The molecule has 110 valence electrons. The third-order valence-corrected chi connectivity index (χ3v) is 3.72. The number of nitrogens with one attached hydrogen (secondary N) is 1. The molecule has 0 aromatic heterocycles. The standard InChI is InChI=1S/C15H20F2N2O/c1-11-3-4-12(2)13(9-11)10-18-14(20)19-7-5-15(16,17)6-8-19/h3-4,9H,5-8,10H2,1-2H3,(H,18,20). The zero-order valence-corrected chi connectivity index (χ0v) is 11.9. The second-order valence-electron chi connectivity index (χ2n) is 5.43. The third-order valence-electron chi connectivity index (χ3n) is 3.72. The van der Waals surface area contributed by atoms with E-state index >= 15 is 0 Å². The normalized spacial score (nSPS) is 17.9. The Morgan fingerprint density at radius 3 is 2.60 bits per heavy atom. The Hall–Kier alpha value is -1.65. The van der Waals surface area contributed by atoms with Crippen LogP contribution in [-0.4, -0.2) is 29.9 Å². The number of benzene rings is 1. The highest BCUT2D eigenvalue weighted by atomic mass is 19.3. The van der Waals surface area contributed by atoms with E-state index in [9.17, 15) is 13.6 Å². The molecular formula is C15H20F2N2O. The maximum atomic E-state index is 13.0. The summed E-state index contributed by atoms with van der Waals surface area (Å²) in [5.74, 6) is -2.62. The molecule has 0 unspecified atom stereocenters. The van der Waals surface area contributed by atoms with Gasteiger partial charge in [-0.3, -0.25) is 0 Å². The summed E-state index contributed by atoms with van der Waals surface area (Å²) in [4.78, 5) is 13.4. The minimum atomic E-state index is -2.62. The first kappa shape index (κ1) is 14.8. The topological polar surface area (TPSA) is 32.3 Å². The Morgan fingerprint density at radius 1 is 1.30 bits per heavy atom. The zero-order valence-electron chi connectivity index (χ0n) is 11.9. The van der Waals surface area contributed by atoms with Gasteiger partial charge in [0.25, 0.3) is 5.92 Å². The van der Waals surface area contributed by atoms with Gasteiger partial charge in [0, 0.05) is 32.5 Å². The first-order valence-corrected chi connectivity index (χ1v) is 6.84. The van der Waals surface area contributed by atoms with E-state index in [1.54, 1.807) is 0 Å². The van der Waals surface area contributed by atoms with E-state index in [2.05, 4.69) is 5.32 Å². The van der Waals surface area contributed by atoms with Crippen molar-refractivity contribution in [2.45, 2.75) is 39.2 Å². The van der Waals surface area contributed by atoms with Crippen LogP contribution in [0.5, 0.6) is 0 Å². The summed E-state index contributed by atoms with van der Waals surface area (Å²) in [6.45, 7) is 4.65. The maximum absolute atomic E-state index is 13.0. The number of carbonyl (C=O) groups is 1. The Bertz CT molecular complexity index is 493. The van der Waals surface area contributed by atoms with Gasteiger partial charge < -0.3 is 10.2 Å². The molecule has 2 amide bonds. The number of halogens is 2. The number of amides is 2. The summed E-state index contributed by atoms with van der Waals surface area (Å²) in [5.41, 5.74) is 3.30. The van der Waals surface area contributed by atoms with Gasteiger partial charge in [0.15, 0.2) is 0 Å². The van der Waals surface area contributed by atoms with Gasteiger partial charge >= 0.3 is 6.03 Å². The predicted octanol–water partition coefficient (Wildman–Crippen LogP) is 3.24. The van der Waals surface area contributed by atoms with Crippen molar-refractivity contribution >= 4 is 6.03 Å². The molecule has 0 saturated carbocycles. The van der Waals surface area contributed by atoms with Gasteiger partial charge in [0.1, 0.15) is 0 Å². The Balaban J connectivity index is 1.88. The molecule has 1 heterocycles. The molecule has 0 atom stereocenters. The summed E-state index contributed by atoms with van der Waals surface area (Å²) in [7, 11) is 0. The molecule has 1 aliphatic rings. The minimum absolute atomic E-state index is 0.117. The number of urea groups is 1. The number of hydrogen-bond donors (Lipinski definition) is 1. The van der Waals surface area contributed by atoms with Gasteiger partial charge in [-0.15, -0.1) is 0 Å². The third kappa shape index (κ3) is 3.68. The van der Waals surface area contributed by atoms with E-state index in [4.69, 9.17) is 0 Å². The first-order chi connectivity index (χ1) is 9.37. The number of rotatable bonds is 2. The average Bonchev–Trinajstić information content (AvgIpc) is 2.39. The average molecular weight is 282 g/mol. The molecule has 1 aromatic rings. The second kappa shape index (κ2) is 5.77. The molecule has 20 heavy (non-hydrogen) atoms. The molecule has 1 fully saturated rings. The Morgan fingerprint density at radius 2 is 1.95 bits per heavy atom. The molecule has 3 nitrogen and oxygen atoms in total. The van der Waals surface area contributed by atoms with E-state index < -0.39 is 5.92 Å². The van der Waals surface area contributed by atoms with E-state index in [1.807, 2.05) is 32.0 Å². The quantitative estimate of drug-likeness (QED) is 0.887. The highest BCUT2D eigenvalue weighted by molar-refractivity contribution is 5.74. The molecule has 5 heteroatoms. The maximum Gasteiger partial charge on any atom is 0.317 e. The fourth-order valence-electron chi connectivity index (χ4n) is 2.31. The van der Waals surface area contributed by atoms with Crippen LogP contribution >= 0.6 is 0 Å². The summed E-state index contributed by atoms with van der Waals surface area (Å²) >= 11 is 0. The summed E-state index contributed by atoms with van der Waals surface area (Å²) in [6, 6.07) is 5.80. The molecule has 2 rings (SSSR count). The number of hydrogen-bond acceptors (Lipinski definition) is 1. The van der Waals surface area contributed by atoms with E-state index in [1.165, 1.54) is 4.90 Å². The SMILES string of the molecule is Cc1ccc(C)c(CNC(=O)N2CCC(F)(F)CC2)c1. The van der Waals surface area contributed by atoms with Gasteiger partial charge in [-0.2, -0.15) is 0 Å². The molecule has 1 N–H and O–H groups in total. The number of aryl methyl sites for hydroxylation is 2. The number of alkyl halides is 2. The van der Waals surface area contributed by atoms with Gasteiger partial charge in [0.2, 0.25) is 0 Å². The highest BCUT2D eigenvalue weighted by Gasteiger charge is 2.35. The van der Waals surface area contributed by atoms with Gasteiger partial charge in [-0.05, 0) is 25.0 Å². The second-order valence-corrected chi connectivity index (χ2v) is 5.43. The van der Waals surface area contributed by atoms with Crippen molar-refractivity contribution in [2.75, 3.05) is 13.1 Å². The number of nitrogens with zero attached hydrogens (tertiary/aromatic N) is 1. The van der Waals surface area contributed by atoms with Crippen LogP contribution in [-0.2, 0) is 6.54 Å². The van der Waals surface area contributed by atoms with Crippen molar-refractivity contribution in [1.82, 2.24) is 10.2 Å². The Kier molecular flexibility index (Phi) is 4.26. The monoisotopic (exact) mass is 282 g/mol. The number of likely N-dealkylation sites (tertiary alicyclic amines) is 1. The van der Waals surface area contributed by atoms with Crippen LogP contribution in [0, 0.1) is 13.8 Å². The predicted molar refractivity (Wildman–Crippen MR) is 73.9 cm³/mol. The summed E-state index contributed by atoms with van der Waals surface area (Å²) in [6.07, 6.45) is -0.492. The summed E-state index contributed by atoms with van der Waals surface area (Å²) in [5, 5.41) is 2.81. The van der Waals surface area contributed by atoms with Crippen molar-refractivity contribution in [1.29, 1.82) is 0 Å². The Labute approximate surface area is 118 Å². The highest BCUT2D eigenvalue weighted by Crippen LogP contribution is 2.27. The molecule has 1 aromatic carbocycles. The van der Waals surface area contributed by atoms with Crippen LogP contribution < -0.4 is 5.32 Å². The fraction of sp³-hybridized carbons (Fsp3) is 0.533. The number of piperidine rings is 1. The van der Waals surface area contributed by atoms with Crippen LogP contribution in [0.3, 0.4) is 0 Å². The molecule has 0 radical (unpaired) electrons. The fourth-order valence-corrected chi connectivity index (χ4v) is 2.31. The molecular weight excluding hydrogens is 262 g/mol. The molecule has 1 aliphatic heterocycles. The smallest absolute Gasteiger partial charge is 0.317 e. The van der Waals surface area contributed by atoms with Crippen molar-refractivity contribution in [3.8, 4) is 0 Å². The van der Waals surface area contributed by atoms with Crippen LogP contribution in [0.2, 0.25) is 0 Å². The molecule has 0 aliphatic carbocycles.